The number of nitrogens with one attached hydrogen (secondary N) is 1. The van der Waals surface area contributed by atoms with Crippen molar-refractivity contribution in [3.05, 3.63) is 107 Å². The minimum atomic E-state index is -0.277. The van der Waals surface area contributed by atoms with Gasteiger partial charge in [0.1, 0.15) is 11.6 Å². The van der Waals surface area contributed by atoms with Crippen LogP contribution in [0.1, 0.15) is 40.5 Å². The molecule has 1 N–H and O–H groups in total. The van der Waals surface area contributed by atoms with Crippen LogP contribution in [-0.4, -0.2) is 14.7 Å². The lowest BCUT2D eigenvalue weighted by Gasteiger charge is -2.28. The van der Waals surface area contributed by atoms with Crippen molar-refractivity contribution in [2.45, 2.75) is 32.5 Å². The molecule has 0 spiro atoms. The molecule has 2 atom stereocenters. The number of thiocarbonyl (C=S) groups is 1. The van der Waals surface area contributed by atoms with E-state index in [1.165, 1.54) is 12.1 Å². The van der Waals surface area contributed by atoms with E-state index in [1.807, 2.05) is 30.3 Å². The summed E-state index contributed by atoms with van der Waals surface area (Å²) in [6.07, 6.45) is 3.48. The van der Waals surface area contributed by atoms with Crippen molar-refractivity contribution in [1.82, 2.24) is 14.9 Å². The Morgan fingerprint density at radius 2 is 1.91 bits per heavy atom. The maximum atomic E-state index is 13.6. The molecule has 0 amide bonds. The highest BCUT2D eigenvalue weighted by Crippen LogP contribution is 2.43. The first kappa shape index (κ1) is 20.5. The molecular weight excluding hydrogens is 423 g/mol. The Morgan fingerprint density at radius 3 is 2.59 bits per heavy atom. The molecule has 0 saturated carbocycles. The summed E-state index contributed by atoms with van der Waals surface area (Å²) in [7, 11) is 0. The lowest BCUT2D eigenvalue weighted by atomic mass is 9.96. The van der Waals surface area contributed by atoms with Gasteiger partial charge in [0.05, 0.1) is 30.6 Å². The fraction of sp³-hybridized carbons (Fsp3) is 0.200. The number of pyridine rings is 1. The van der Waals surface area contributed by atoms with Gasteiger partial charge in [-0.2, -0.15) is 0 Å². The number of halogens is 1. The van der Waals surface area contributed by atoms with Crippen molar-refractivity contribution in [3.63, 3.8) is 0 Å². The summed E-state index contributed by atoms with van der Waals surface area (Å²) in [6.45, 7) is 4.86. The molecule has 1 aliphatic heterocycles. The van der Waals surface area contributed by atoms with Gasteiger partial charge in [-0.3, -0.25) is 4.98 Å². The van der Waals surface area contributed by atoms with Crippen LogP contribution < -0.4 is 10.2 Å². The molecule has 0 aliphatic carbocycles. The molecule has 1 aliphatic rings. The van der Waals surface area contributed by atoms with Crippen LogP contribution in [0, 0.1) is 19.7 Å². The van der Waals surface area contributed by atoms with E-state index in [9.17, 15) is 4.39 Å². The standard InChI is InChI=1S/C25H23FN4OS/c1-16-14-21(17(2)29(16)15-20-6-5-13-31-20)24-23(22-7-3-4-12-27-22)28-25(32)30(24)19-10-8-18(26)9-11-19/h3-14,23-24H,15H2,1-2H3,(H,28,32)/t23-,24-/m1/s1. The third-order valence-corrected chi connectivity index (χ3v) is 6.34. The molecule has 7 heteroatoms. The van der Waals surface area contributed by atoms with Gasteiger partial charge in [-0.1, -0.05) is 6.07 Å². The van der Waals surface area contributed by atoms with E-state index in [2.05, 4.69) is 39.7 Å². The maximum absolute atomic E-state index is 13.6. The highest BCUT2D eigenvalue weighted by Gasteiger charge is 2.42. The normalized spacial score (nSPS) is 18.2. The molecule has 4 aromatic rings. The first-order valence-corrected chi connectivity index (χ1v) is 10.9. The first-order chi connectivity index (χ1) is 15.5. The molecule has 162 valence electrons. The number of anilines is 1. The number of hydrogen-bond acceptors (Lipinski definition) is 3. The van der Waals surface area contributed by atoms with Crippen LogP contribution in [0.2, 0.25) is 0 Å². The smallest absolute Gasteiger partial charge is 0.174 e. The van der Waals surface area contributed by atoms with Crippen LogP contribution in [0.5, 0.6) is 0 Å². The van der Waals surface area contributed by atoms with Gasteiger partial charge in [0.2, 0.25) is 0 Å². The molecule has 0 bridgehead atoms. The largest absolute Gasteiger partial charge is 0.467 e. The van der Waals surface area contributed by atoms with Crippen molar-refractivity contribution >= 4 is 23.0 Å². The van der Waals surface area contributed by atoms with Gasteiger partial charge in [-0.25, -0.2) is 4.39 Å². The van der Waals surface area contributed by atoms with Gasteiger partial charge in [0, 0.05) is 23.3 Å². The number of hydrogen-bond donors (Lipinski definition) is 1. The van der Waals surface area contributed by atoms with Crippen LogP contribution in [0.4, 0.5) is 10.1 Å². The summed E-state index contributed by atoms with van der Waals surface area (Å²) in [6, 6.07) is 18.1. The molecule has 3 aromatic heterocycles. The Hall–Kier alpha value is -3.45. The van der Waals surface area contributed by atoms with E-state index in [0.717, 1.165) is 34.1 Å². The number of nitrogens with zero attached hydrogens (tertiary/aromatic N) is 3. The summed E-state index contributed by atoms with van der Waals surface area (Å²) in [4.78, 5) is 6.66. The predicted molar refractivity (Wildman–Crippen MR) is 126 cm³/mol. The minimum absolute atomic E-state index is 0.139. The van der Waals surface area contributed by atoms with Crippen LogP contribution in [0.25, 0.3) is 0 Å². The predicted octanol–water partition coefficient (Wildman–Crippen LogP) is 5.46. The third-order valence-electron chi connectivity index (χ3n) is 6.03. The highest BCUT2D eigenvalue weighted by atomic mass is 32.1. The zero-order chi connectivity index (χ0) is 22.2. The van der Waals surface area contributed by atoms with Crippen molar-refractivity contribution in [2.75, 3.05) is 4.90 Å². The van der Waals surface area contributed by atoms with Gasteiger partial charge < -0.3 is 19.2 Å². The van der Waals surface area contributed by atoms with Gasteiger partial charge in [-0.05, 0) is 86.2 Å². The second-order valence-electron chi connectivity index (χ2n) is 7.96. The van der Waals surface area contributed by atoms with Crippen molar-refractivity contribution in [1.29, 1.82) is 0 Å². The zero-order valence-electron chi connectivity index (χ0n) is 17.8. The summed E-state index contributed by atoms with van der Waals surface area (Å²) in [5.74, 6) is 0.622. The summed E-state index contributed by atoms with van der Waals surface area (Å²) >= 11 is 5.76. The van der Waals surface area contributed by atoms with Gasteiger partial charge in [0.25, 0.3) is 0 Å². The Balaban J connectivity index is 1.62. The van der Waals surface area contributed by atoms with Gasteiger partial charge in [0.15, 0.2) is 5.11 Å². The van der Waals surface area contributed by atoms with E-state index >= 15 is 0 Å². The number of aromatic nitrogens is 2. The first-order valence-electron chi connectivity index (χ1n) is 10.5. The monoisotopic (exact) mass is 446 g/mol. The molecule has 1 fully saturated rings. The van der Waals surface area contributed by atoms with Crippen LogP contribution >= 0.6 is 12.2 Å². The summed E-state index contributed by atoms with van der Waals surface area (Å²) < 4.78 is 21.5. The van der Waals surface area contributed by atoms with Gasteiger partial charge >= 0.3 is 0 Å². The lowest BCUT2D eigenvalue weighted by molar-refractivity contribution is 0.488. The number of rotatable bonds is 5. The quantitative estimate of drug-likeness (QED) is 0.413. The Bertz CT molecular complexity index is 1240. The second kappa shape index (κ2) is 8.24. The Morgan fingerprint density at radius 1 is 1.09 bits per heavy atom. The number of aryl methyl sites for hydroxylation is 1. The number of benzene rings is 1. The van der Waals surface area contributed by atoms with E-state index in [0.29, 0.717) is 11.7 Å². The molecule has 1 aromatic carbocycles. The molecule has 32 heavy (non-hydrogen) atoms. The molecule has 0 unspecified atom stereocenters. The van der Waals surface area contributed by atoms with E-state index < -0.39 is 0 Å². The fourth-order valence-corrected chi connectivity index (χ4v) is 4.83. The minimum Gasteiger partial charge on any atom is -0.467 e. The summed E-state index contributed by atoms with van der Waals surface area (Å²) in [5, 5.41) is 4.05. The van der Waals surface area contributed by atoms with Crippen molar-refractivity contribution < 1.29 is 8.81 Å². The lowest BCUT2D eigenvalue weighted by Crippen LogP contribution is -2.29. The molecule has 5 rings (SSSR count). The van der Waals surface area contributed by atoms with Crippen molar-refractivity contribution in [3.8, 4) is 0 Å². The Kier molecular flexibility index (Phi) is 5.27. The van der Waals surface area contributed by atoms with Crippen molar-refractivity contribution in [2.24, 2.45) is 0 Å². The SMILES string of the molecule is Cc1cc([C@@H]2[C@@H](c3ccccn3)NC(=S)N2c2ccc(F)cc2)c(C)n1Cc1ccco1. The van der Waals surface area contributed by atoms with Crippen LogP contribution in [0.3, 0.4) is 0 Å². The third kappa shape index (κ3) is 3.58. The molecular formula is C25H23FN4OS. The highest BCUT2D eigenvalue weighted by molar-refractivity contribution is 7.80. The zero-order valence-corrected chi connectivity index (χ0v) is 18.6. The number of furan rings is 1. The van der Waals surface area contributed by atoms with Crippen LogP contribution in [-0.2, 0) is 6.54 Å². The fourth-order valence-electron chi connectivity index (χ4n) is 4.48. The maximum Gasteiger partial charge on any atom is 0.174 e. The Labute approximate surface area is 191 Å². The second-order valence-corrected chi connectivity index (χ2v) is 8.35. The average Bonchev–Trinajstić information content (AvgIpc) is 3.50. The van der Waals surface area contributed by atoms with E-state index in [4.69, 9.17) is 16.6 Å². The van der Waals surface area contributed by atoms with Gasteiger partial charge in [-0.15, -0.1) is 0 Å². The molecule has 4 heterocycles. The van der Waals surface area contributed by atoms with E-state index in [-0.39, 0.29) is 17.9 Å². The summed E-state index contributed by atoms with van der Waals surface area (Å²) in [5.41, 5.74) is 5.14. The topological polar surface area (TPSA) is 46.2 Å². The van der Waals surface area contributed by atoms with Crippen LogP contribution in [0.15, 0.2) is 77.5 Å². The van der Waals surface area contributed by atoms with E-state index in [1.54, 1.807) is 24.6 Å². The molecule has 0 radical (unpaired) electrons. The molecule has 5 nitrogen and oxygen atoms in total. The average molecular weight is 447 g/mol. The molecule has 1 saturated heterocycles.